The maximum Gasteiger partial charge on any atom is 0.321 e. The smallest absolute Gasteiger partial charge is 0.321 e. The monoisotopic (exact) mass is 428 g/mol. The first-order chi connectivity index (χ1) is 14.5. The van der Waals surface area contributed by atoms with E-state index < -0.39 is 5.79 Å². The second-order valence-corrected chi connectivity index (χ2v) is 7.45. The number of ether oxygens (including phenoxy) is 7. The van der Waals surface area contributed by atoms with Crippen molar-refractivity contribution in [3.8, 4) is 11.9 Å². The first kappa shape index (κ1) is 22.9. The molecular formula is C19H32N4O7. The molecule has 0 saturated carbocycles. The fourth-order valence-corrected chi connectivity index (χ4v) is 3.47. The molecule has 3 heterocycles. The lowest BCUT2D eigenvalue weighted by Gasteiger charge is -2.37. The second-order valence-electron chi connectivity index (χ2n) is 7.45. The van der Waals surface area contributed by atoms with E-state index in [1.165, 1.54) is 14.2 Å². The summed E-state index contributed by atoms with van der Waals surface area (Å²) in [6, 6.07) is 1.71. The number of nitrogens with zero attached hydrogens (tertiary/aromatic N) is 2. The molecule has 2 aliphatic heterocycles. The average molecular weight is 428 g/mol. The Balaban J connectivity index is 1.62. The number of fused-ring (bicyclic) bond motifs is 1. The van der Waals surface area contributed by atoms with Crippen molar-refractivity contribution in [1.82, 2.24) is 9.97 Å². The van der Waals surface area contributed by atoms with Crippen LogP contribution in [0.4, 0.5) is 5.82 Å². The molecule has 2 aliphatic rings. The van der Waals surface area contributed by atoms with Crippen molar-refractivity contribution < 1.29 is 33.2 Å². The summed E-state index contributed by atoms with van der Waals surface area (Å²) < 4.78 is 39.7. The molecule has 0 radical (unpaired) electrons. The molecule has 11 heteroatoms. The number of rotatable bonds is 11. The first-order valence-corrected chi connectivity index (χ1v) is 10.0. The fraction of sp³-hybridized carbons (Fsp3) is 0.789. The maximum atomic E-state index is 6.18. The number of methoxy groups -OCH3 is 2. The zero-order valence-electron chi connectivity index (χ0n) is 18.0. The van der Waals surface area contributed by atoms with Crippen molar-refractivity contribution in [3.05, 3.63) is 6.07 Å². The first-order valence-electron chi connectivity index (χ1n) is 10.0. The predicted molar refractivity (Wildman–Crippen MR) is 107 cm³/mol. The van der Waals surface area contributed by atoms with Crippen LogP contribution in [0, 0.1) is 0 Å². The molecule has 0 unspecified atom stereocenters. The quantitative estimate of drug-likeness (QED) is 0.469. The molecule has 3 N–H and O–H groups in total. The van der Waals surface area contributed by atoms with Crippen LogP contribution >= 0.6 is 0 Å². The molecule has 1 aromatic rings. The minimum Gasteiger partial charge on any atom is -0.481 e. The summed E-state index contributed by atoms with van der Waals surface area (Å²) in [5.74, 6) is 0.211. The van der Waals surface area contributed by atoms with E-state index >= 15 is 0 Å². The number of hydrogen-bond donors (Lipinski definition) is 2. The van der Waals surface area contributed by atoms with Gasteiger partial charge in [0.25, 0.3) is 0 Å². The molecule has 0 amide bonds. The molecule has 0 spiro atoms. The molecular weight excluding hydrogens is 396 g/mol. The van der Waals surface area contributed by atoms with E-state index in [4.69, 9.17) is 38.9 Å². The van der Waals surface area contributed by atoms with E-state index in [2.05, 4.69) is 15.3 Å². The van der Waals surface area contributed by atoms with Gasteiger partial charge in [-0.2, -0.15) is 9.97 Å². The van der Waals surface area contributed by atoms with Gasteiger partial charge in [0.15, 0.2) is 5.79 Å². The van der Waals surface area contributed by atoms with Crippen LogP contribution < -0.4 is 20.5 Å². The van der Waals surface area contributed by atoms with Crippen molar-refractivity contribution >= 4 is 5.82 Å². The Kier molecular flexibility index (Phi) is 8.03. The lowest BCUT2D eigenvalue weighted by atomic mass is 9.98. The highest BCUT2D eigenvalue weighted by molar-refractivity contribution is 5.41. The van der Waals surface area contributed by atoms with Gasteiger partial charge in [-0.1, -0.05) is 0 Å². The molecule has 4 atom stereocenters. The number of aromatic nitrogens is 2. The third kappa shape index (κ3) is 5.90. The summed E-state index contributed by atoms with van der Waals surface area (Å²) in [4.78, 5) is 8.43. The van der Waals surface area contributed by atoms with Crippen LogP contribution in [0.5, 0.6) is 11.9 Å². The predicted octanol–water partition coefficient (Wildman–Crippen LogP) is 0.185. The summed E-state index contributed by atoms with van der Waals surface area (Å²) in [5.41, 5.74) is 5.40. The van der Waals surface area contributed by atoms with Crippen LogP contribution in [0.3, 0.4) is 0 Å². The summed E-state index contributed by atoms with van der Waals surface area (Å²) in [6.45, 7) is 6.52. The van der Waals surface area contributed by atoms with Crippen molar-refractivity contribution in [3.63, 3.8) is 0 Å². The summed E-state index contributed by atoms with van der Waals surface area (Å²) in [5, 5.41) is 3.34. The molecule has 30 heavy (non-hydrogen) atoms. The van der Waals surface area contributed by atoms with Crippen LogP contribution in [0.15, 0.2) is 6.07 Å². The van der Waals surface area contributed by atoms with Gasteiger partial charge in [-0.15, -0.1) is 0 Å². The summed E-state index contributed by atoms with van der Waals surface area (Å²) >= 11 is 0. The largest absolute Gasteiger partial charge is 0.481 e. The lowest BCUT2D eigenvalue weighted by Crippen LogP contribution is -2.55. The zero-order valence-corrected chi connectivity index (χ0v) is 18.0. The van der Waals surface area contributed by atoms with Crippen molar-refractivity contribution in [2.75, 3.05) is 59.1 Å². The third-order valence-corrected chi connectivity index (χ3v) is 4.74. The lowest BCUT2D eigenvalue weighted by molar-refractivity contribution is -0.160. The number of hydrogen-bond acceptors (Lipinski definition) is 11. The van der Waals surface area contributed by atoms with Crippen LogP contribution in [-0.4, -0.2) is 93.9 Å². The van der Waals surface area contributed by atoms with Gasteiger partial charge in [0.05, 0.1) is 53.3 Å². The molecule has 0 aliphatic carbocycles. The Morgan fingerprint density at radius 2 is 1.87 bits per heavy atom. The minimum atomic E-state index is -0.730. The highest BCUT2D eigenvalue weighted by Gasteiger charge is 2.52. The molecule has 11 nitrogen and oxygen atoms in total. The van der Waals surface area contributed by atoms with Gasteiger partial charge in [0, 0.05) is 12.6 Å². The molecule has 170 valence electrons. The average Bonchev–Trinajstić information content (AvgIpc) is 3.07. The molecule has 0 aromatic carbocycles. The van der Waals surface area contributed by atoms with Gasteiger partial charge in [0.1, 0.15) is 24.1 Å². The Bertz CT molecular complexity index is 656. The molecule has 0 bridgehead atoms. The zero-order chi connectivity index (χ0) is 21.6. The number of nitrogens with two attached hydrogens (primary N) is 1. The van der Waals surface area contributed by atoms with Crippen molar-refractivity contribution in [1.29, 1.82) is 0 Å². The Morgan fingerprint density at radius 3 is 2.60 bits per heavy atom. The van der Waals surface area contributed by atoms with Gasteiger partial charge in [-0.3, -0.25) is 0 Å². The highest BCUT2D eigenvalue weighted by Crippen LogP contribution is 2.36. The van der Waals surface area contributed by atoms with Crippen LogP contribution in [0.2, 0.25) is 0 Å². The van der Waals surface area contributed by atoms with E-state index in [-0.39, 0.29) is 30.4 Å². The van der Waals surface area contributed by atoms with E-state index in [1.807, 2.05) is 13.8 Å². The topological polar surface area (TPSA) is 128 Å². The maximum absolute atomic E-state index is 6.18. The SMILES string of the molecule is COc1cc(N[C@@H]2CO[C@H](COCCOCCN)[C@@H]3OC(C)(C)O[C@@H]32)nc(OC)n1. The Hall–Kier alpha value is -1.76. The molecule has 2 fully saturated rings. The van der Waals surface area contributed by atoms with Gasteiger partial charge in [-0.05, 0) is 13.8 Å². The summed E-state index contributed by atoms with van der Waals surface area (Å²) in [7, 11) is 3.04. The van der Waals surface area contributed by atoms with Gasteiger partial charge >= 0.3 is 6.01 Å². The van der Waals surface area contributed by atoms with E-state index in [0.29, 0.717) is 51.3 Å². The molecule has 2 saturated heterocycles. The second kappa shape index (κ2) is 10.5. The van der Waals surface area contributed by atoms with E-state index in [0.717, 1.165) is 0 Å². The minimum absolute atomic E-state index is 0.190. The van der Waals surface area contributed by atoms with Crippen LogP contribution in [0.1, 0.15) is 13.8 Å². The van der Waals surface area contributed by atoms with Crippen LogP contribution in [-0.2, 0) is 23.7 Å². The van der Waals surface area contributed by atoms with Crippen molar-refractivity contribution in [2.45, 2.75) is 44.0 Å². The third-order valence-electron chi connectivity index (χ3n) is 4.74. The normalized spacial score (nSPS) is 27.5. The van der Waals surface area contributed by atoms with Gasteiger partial charge < -0.3 is 44.2 Å². The van der Waals surface area contributed by atoms with Gasteiger partial charge in [0.2, 0.25) is 5.88 Å². The Labute approximate surface area is 176 Å². The van der Waals surface area contributed by atoms with Gasteiger partial charge in [-0.25, -0.2) is 0 Å². The molecule has 1 aromatic heterocycles. The number of nitrogens with one attached hydrogen (secondary N) is 1. The van der Waals surface area contributed by atoms with Crippen molar-refractivity contribution in [2.24, 2.45) is 5.73 Å². The van der Waals surface area contributed by atoms with E-state index in [9.17, 15) is 0 Å². The summed E-state index contributed by atoms with van der Waals surface area (Å²) in [6.07, 6.45) is -0.788. The molecule has 3 rings (SSSR count). The van der Waals surface area contributed by atoms with Crippen LogP contribution in [0.25, 0.3) is 0 Å². The fourth-order valence-electron chi connectivity index (χ4n) is 3.47. The Morgan fingerprint density at radius 1 is 1.10 bits per heavy atom. The standard InChI is InChI=1S/C19H32N4O7/c1-19(2)29-16-12(21-14-9-15(24-3)23-18(22-14)25-4)10-28-13(17(16)30-19)11-27-8-7-26-6-5-20/h9,12-13,16-17H,5-8,10-11,20H2,1-4H3,(H,21,22,23)/t12-,13-,16-,17+/m1/s1. The highest BCUT2D eigenvalue weighted by atomic mass is 16.8. The van der Waals surface area contributed by atoms with E-state index in [1.54, 1.807) is 6.07 Å². The number of anilines is 1.